The third kappa shape index (κ3) is 6.93. The van der Waals surface area contributed by atoms with Crippen molar-refractivity contribution in [2.45, 2.75) is 13.0 Å². The van der Waals surface area contributed by atoms with Crippen molar-refractivity contribution < 1.29 is 33.6 Å². The first-order chi connectivity index (χ1) is 25.0. The van der Waals surface area contributed by atoms with Crippen LogP contribution >= 0.6 is 27.3 Å². The number of fused-ring (bicyclic) bond motifs is 1. The molecule has 6 rings (SSSR count). The van der Waals surface area contributed by atoms with E-state index in [1.54, 1.807) is 49.4 Å². The molecule has 0 bridgehead atoms. The number of thiazole rings is 1. The lowest BCUT2D eigenvalue weighted by Gasteiger charge is -2.26. The number of carbonyl (C=O) groups is 1. The molecule has 0 radical (unpaired) electrons. The van der Waals surface area contributed by atoms with Gasteiger partial charge in [-0.2, -0.15) is 0 Å². The predicted molar refractivity (Wildman–Crippen MR) is 195 cm³/mol. The summed E-state index contributed by atoms with van der Waals surface area (Å²) in [7, 11) is 2.89. The Morgan fingerprint density at radius 2 is 1.73 bits per heavy atom. The molecule has 4 aromatic carbocycles. The van der Waals surface area contributed by atoms with Gasteiger partial charge in [0.25, 0.3) is 11.2 Å². The lowest BCUT2D eigenvalue weighted by atomic mass is 9.93. The number of non-ortho nitro benzene ring substituents is 1. The van der Waals surface area contributed by atoms with Gasteiger partial charge >= 0.3 is 11.7 Å². The van der Waals surface area contributed by atoms with E-state index in [4.69, 9.17) is 23.9 Å². The molecular formula is C36H27BrN4O10S. The van der Waals surface area contributed by atoms with E-state index in [0.29, 0.717) is 37.4 Å². The van der Waals surface area contributed by atoms with Crippen LogP contribution < -0.4 is 29.1 Å². The predicted octanol–water partition coefficient (Wildman–Crippen LogP) is 6.32. The molecule has 14 nitrogen and oxygen atoms in total. The average Bonchev–Trinajstić information content (AvgIpc) is 3.45. The first-order valence-corrected chi connectivity index (χ1v) is 17.1. The largest absolute Gasteiger partial charge is 0.497 e. The Morgan fingerprint density at radius 3 is 2.40 bits per heavy atom. The molecule has 1 aromatic heterocycles. The molecule has 264 valence electrons. The van der Waals surface area contributed by atoms with Gasteiger partial charge in [-0.1, -0.05) is 53.8 Å². The molecule has 5 aromatic rings. The van der Waals surface area contributed by atoms with Crippen LogP contribution in [0, 0.1) is 20.2 Å². The highest BCUT2D eigenvalue weighted by Gasteiger charge is 2.35. The van der Waals surface area contributed by atoms with Gasteiger partial charge in [0.05, 0.1) is 63.1 Å². The fraction of sp³-hybridized carbons (Fsp3) is 0.139. The molecule has 2 heterocycles. The third-order valence-corrected chi connectivity index (χ3v) is 9.47. The van der Waals surface area contributed by atoms with Crippen molar-refractivity contribution in [2.75, 3.05) is 20.8 Å². The summed E-state index contributed by atoms with van der Waals surface area (Å²) < 4.78 is 24.5. The van der Waals surface area contributed by atoms with E-state index in [2.05, 4.69) is 15.9 Å². The van der Waals surface area contributed by atoms with Crippen LogP contribution in [0.3, 0.4) is 0 Å². The third-order valence-electron chi connectivity index (χ3n) is 7.89. The molecule has 16 heteroatoms. The van der Waals surface area contributed by atoms with Gasteiger partial charge in [-0.3, -0.25) is 29.6 Å². The number of nitro benzene ring substituents is 2. The van der Waals surface area contributed by atoms with E-state index in [1.807, 2.05) is 30.3 Å². The molecule has 0 saturated carbocycles. The number of aromatic nitrogens is 1. The van der Waals surface area contributed by atoms with Crippen LogP contribution in [0.1, 0.15) is 29.7 Å². The highest BCUT2D eigenvalue weighted by atomic mass is 79.9. The van der Waals surface area contributed by atoms with E-state index in [0.717, 1.165) is 29.5 Å². The molecule has 0 N–H and O–H groups in total. The van der Waals surface area contributed by atoms with Gasteiger partial charge in [-0.15, -0.1) is 0 Å². The highest BCUT2D eigenvalue weighted by molar-refractivity contribution is 9.10. The van der Waals surface area contributed by atoms with E-state index in [-0.39, 0.29) is 34.0 Å². The molecule has 0 saturated heterocycles. The number of nitro groups is 2. The highest BCUT2D eigenvalue weighted by Crippen LogP contribution is 2.43. The van der Waals surface area contributed by atoms with Gasteiger partial charge in [0, 0.05) is 11.6 Å². The summed E-state index contributed by atoms with van der Waals surface area (Å²) in [5.74, 6) is -0.141. The maximum absolute atomic E-state index is 14.3. The van der Waals surface area contributed by atoms with E-state index in [1.165, 1.54) is 18.8 Å². The Hall–Kier alpha value is -6.13. The van der Waals surface area contributed by atoms with Crippen molar-refractivity contribution in [2.24, 2.45) is 4.99 Å². The molecule has 0 unspecified atom stereocenters. The number of carbonyl (C=O) groups excluding carboxylic acids is 1. The first-order valence-electron chi connectivity index (χ1n) is 15.4. The van der Waals surface area contributed by atoms with Gasteiger partial charge < -0.3 is 18.9 Å². The van der Waals surface area contributed by atoms with E-state index < -0.39 is 38.8 Å². The molecule has 52 heavy (non-hydrogen) atoms. The summed E-state index contributed by atoms with van der Waals surface area (Å²) in [4.78, 5) is 54.7. The van der Waals surface area contributed by atoms with Crippen molar-refractivity contribution in [3.8, 4) is 23.0 Å². The number of rotatable bonds is 11. The minimum absolute atomic E-state index is 0.0580. The quantitative estimate of drug-likeness (QED) is 0.0837. The Morgan fingerprint density at radius 1 is 0.962 bits per heavy atom. The van der Waals surface area contributed by atoms with Crippen LogP contribution in [0.25, 0.3) is 11.8 Å². The fourth-order valence-corrected chi connectivity index (χ4v) is 7.14. The number of esters is 1. The minimum Gasteiger partial charge on any atom is -0.497 e. The fourth-order valence-electron chi connectivity index (χ4n) is 5.60. The van der Waals surface area contributed by atoms with Gasteiger partial charge in [-0.05, 0) is 70.4 Å². The molecular weight excluding hydrogens is 760 g/mol. The lowest BCUT2D eigenvalue weighted by Crippen LogP contribution is -2.40. The van der Waals surface area contributed by atoms with Crippen LogP contribution in [0.15, 0.2) is 105 Å². The molecule has 0 aliphatic carbocycles. The lowest BCUT2D eigenvalue weighted by molar-refractivity contribution is -0.394. The van der Waals surface area contributed by atoms with Crippen molar-refractivity contribution in [1.82, 2.24) is 4.57 Å². The number of halogens is 1. The molecule has 1 atom stereocenters. The number of benzene rings is 4. The number of hydrogen-bond donors (Lipinski definition) is 0. The molecule has 1 aliphatic heterocycles. The Balaban J connectivity index is 1.52. The normalized spacial score (nSPS) is 13.9. The van der Waals surface area contributed by atoms with Crippen LogP contribution in [-0.4, -0.2) is 41.2 Å². The molecule has 1 aliphatic rings. The standard InChI is InChI=1S/C36H27BrN4O10S/c1-4-50-35(43)30-31(21-9-6-5-7-10-21)38-36-39(32(30)22-11-8-12-24(18-22)48-2)34(42)29(52-36)17-20-15-25(37)33(28(16-20)49-3)51-27-14-13-23(40(44)45)19-26(27)41(46)47/h5-19,32H,4H2,1-3H3/b29-17-/t32-/m1/s1. The van der Waals surface area contributed by atoms with Gasteiger partial charge in [-0.25, -0.2) is 9.79 Å². The zero-order chi connectivity index (χ0) is 37.1. The summed E-state index contributed by atoms with van der Waals surface area (Å²) in [5.41, 5.74) is 0.792. The zero-order valence-corrected chi connectivity index (χ0v) is 30.0. The summed E-state index contributed by atoms with van der Waals surface area (Å²) in [5, 5.41) is 22.9. The van der Waals surface area contributed by atoms with Gasteiger partial charge in [0.2, 0.25) is 5.75 Å². The average molecular weight is 788 g/mol. The number of ether oxygens (including phenoxy) is 4. The molecule has 0 spiro atoms. The number of nitrogens with zero attached hydrogens (tertiary/aromatic N) is 4. The smallest absolute Gasteiger partial charge is 0.338 e. The molecule has 0 fully saturated rings. The zero-order valence-electron chi connectivity index (χ0n) is 27.6. The second kappa shape index (κ2) is 15.0. The maximum Gasteiger partial charge on any atom is 0.338 e. The monoisotopic (exact) mass is 786 g/mol. The van der Waals surface area contributed by atoms with Crippen LogP contribution in [0.4, 0.5) is 11.4 Å². The maximum atomic E-state index is 14.3. The van der Waals surface area contributed by atoms with Crippen molar-refractivity contribution in [3.63, 3.8) is 0 Å². The Labute approximate surface area is 306 Å². The first kappa shape index (κ1) is 35.7. The van der Waals surface area contributed by atoms with E-state index in [9.17, 15) is 29.8 Å². The summed E-state index contributed by atoms with van der Waals surface area (Å²) in [6.07, 6.45) is 1.62. The van der Waals surface area contributed by atoms with Crippen LogP contribution in [0.5, 0.6) is 23.0 Å². The van der Waals surface area contributed by atoms with Gasteiger partial charge in [0.1, 0.15) is 5.75 Å². The Bertz CT molecular complexity index is 2460. The van der Waals surface area contributed by atoms with Crippen molar-refractivity contribution >= 4 is 56.4 Å². The van der Waals surface area contributed by atoms with Crippen molar-refractivity contribution in [1.29, 1.82) is 0 Å². The Kier molecular flexibility index (Phi) is 10.3. The summed E-state index contributed by atoms with van der Waals surface area (Å²) >= 11 is 4.56. The minimum atomic E-state index is -0.919. The molecule has 0 amide bonds. The second-order valence-corrected chi connectivity index (χ2v) is 12.9. The summed E-state index contributed by atoms with van der Waals surface area (Å²) in [6, 6.07) is 21.5. The second-order valence-electron chi connectivity index (χ2n) is 11.0. The SMILES string of the molecule is CCOC(=O)C1=C(c2ccccc2)N=c2s/c(=C\c3cc(Br)c(Oc4ccc([N+](=O)[O-])cc4[N+](=O)[O-])c(OC)c3)c(=O)n2[C@@H]1c1cccc(OC)c1. The van der Waals surface area contributed by atoms with E-state index >= 15 is 0 Å². The van der Waals surface area contributed by atoms with Crippen LogP contribution in [0.2, 0.25) is 0 Å². The topological polar surface area (TPSA) is 175 Å². The number of methoxy groups -OCH3 is 2. The number of hydrogen-bond acceptors (Lipinski definition) is 12. The van der Waals surface area contributed by atoms with Crippen LogP contribution in [-0.2, 0) is 9.53 Å². The van der Waals surface area contributed by atoms with Gasteiger partial charge in [0.15, 0.2) is 16.3 Å². The summed E-state index contributed by atoms with van der Waals surface area (Å²) in [6.45, 7) is 1.81. The van der Waals surface area contributed by atoms with Crippen molar-refractivity contribution in [3.05, 3.63) is 152 Å².